The molecule has 8 nitrogen and oxygen atoms in total. The summed E-state index contributed by atoms with van der Waals surface area (Å²) in [6.07, 6.45) is 0.0267. The van der Waals surface area contributed by atoms with E-state index < -0.39 is 43.2 Å². The van der Waals surface area contributed by atoms with E-state index in [1.54, 1.807) is 24.3 Å². The topological polar surface area (TPSA) is 127 Å². The highest BCUT2D eigenvalue weighted by Gasteiger charge is 2.27. The number of nitro groups is 1. The molecule has 0 bridgehead atoms. The molecule has 2 rings (SSSR count). The predicted octanol–water partition coefficient (Wildman–Crippen LogP) is 2.26. The summed E-state index contributed by atoms with van der Waals surface area (Å²) in [5, 5.41) is 23.2. The van der Waals surface area contributed by atoms with Crippen molar-refractivity contribution in [3.8, 4) is 0 Å². The zero-order valence-electron chi connectivity index (χ0n) is 13.3. The Morgan fingerprint density at radius 2 is 1.81 bits per heavy atom. The van der Waals surface area contributed by atoms with Gasteiger partial charge in [-0.1, -0.05) is 35.9 Å². The van der Waals surface area contributed by atoms with Gasteiger partial charge in [-0.3, -0.25) is 20.2 Å². The molecule has 1 atom stereocenters. The van der Waals surface area contributed by atoms with Crippen molar-refractivity contribution in [3.63, 3.8) is 0 Å². The third-order valence-electron chi connectivity index (χ3n) is 3.57. The fraction of sp³-hybridized carbons (Fsp3) is 0.188. The standard InChI is InChI=1S/C16H15ClN2O6S/c17-12-7-5-11(6-8-12)9-13(16(20)21)18-10-26(24,25)15-4-2-1-3-14(15)19(22)23/h1-8,13,18H,9-10H2,(H,20,21)/t13-/m1/s1. The number of hydrogen-bond donors (Lipinski definition) is 2. The van der Waals surface area contributed by atoms with Crippen LogP contribution in [0.1, 0.15) is 5.56 Å². The van der Waals surface area contributed by atoms with Gasteiger partial charge in [0.05, 0.1) is 4.92 Å². The number of nitro benzene ring substituents is 1. The van der Waals surface area contributed by atoms with Crippen LogP contribution in [0.25, 0.3) is 0 Å². The Hall–Kier alpha value is -2.49. The summed E-state index contributed by atoms with van der Waals surface area (Å²) in [4.78, 5) is 21.1. The van der Waals surface area contributed by atoms with E-state index in [9.17, 15) is 28.4 Å². The zero-order valence-corrected chi connectivity index (χ0v) is 14.9. The van der Waals surface area contributed by atoms with Crippen molar-refractivity contribution in [1.82, 2.24) is 5.32 Å². The molecule has 0 heterocycles. The number of carboxylic acid groups (broad SMARTS) is 1. The first-order valence-electron chi connectivity index (χ1n) is 7.37. The minimum Gasteiger partial charge on any atom is -0.480 e. The van der Waals surface area contributed by atoms with Crippen molar-refractivity contribution in [2.75, 3.05) is 5.88 Å². The number of nitrogens with zero attached hydrogens (tertiary/aromatic N) is 1. The van der Waals surface area contributed by atoms with Crippen LogP contribution < -0.4 is 5.32 Å². The van der Waals surface area contributed by atoms with Gasteiger partial charge in [0.2, 0.25) is 0 Å². The second-order valence-corrected chi connectivity index (χ2v) is 7.80. The third-order valence-corrected chi connectivity index (χ3v) is 5.38. The zero-order chi connectivity index (χ0) is 19.3. The number of carboxylic acids is 1. The highest BCUT2D eigenvalue weighted by Crippen LogP contribution is 2.23. The lowest BCUT2D eigenvalue weighted by Gasteiger charge is -2.15. The Balaban J connectivity index is 2.16. The van der Waals surface area contributed by atoms with Crippen molar-refractivity contribution in [1.29, 1.82) is 0 Å². The molecule has 2 aromatic carbocycles. The molecule has 138 valence electrons. The molecule has 10 heteroatoms. The summed E-state index contributed by atoms with van der Waals surface area (Å²) in [6, 6.07) is 10.2. The lowest BCUT2D eigenvalue weighted by molar-refractivity contribution is -0.387. The van der Waals surface area contributed by atoms with Gasteiger partial charge in [-0.15, -0.1) is 0 Å². The van der Waals surface area contributed by atoms with Crippen LogP contribution in [0.5, 0.6) is 0 Å². The fourth-order valence-electron chi connectivity index (χ4n) is 2.26. The normalized spacial score (nSPS) is 12.5. The maximum absolute atomic E-state index is 12.4. The van der Waals surface area contributed by atoms with Gasteiger partial charge in [-0.2, -0.15) is 0 Å². The molecule has 0 aliphatic carbocycles. The number of sulfone groups is 1. The highest BCUT2D eigenvalue weighted by atomic mass is 35.5. The molecule has 0 radical (unpaired) electrons. The van der Waals surface area contributed by atoms with Crippen molar-refractivity contribution in [2.45, 2.75) is 17.4 Å². The van der Waals surface area contributed by atoms with Gasteiger partial charge in [0.15, 0.2) is 9.84 Å². The number of rotatable bonds is 8. The van der Waals surface area contributed by atoms with Crippen LogP contribution in [-0.4, -0.2) is 36.3 Å². The second-order valence-electron chi connectivity index (χ2n) is 5.41. The van der Waals surface area contributed by atoms with E-state index in [1.807, 2.05) is 0 Å². The molecule has 0 aliphatic heterocycles. The molecule has 0 saturated carbocycles. The van der Waals surface area contributed by atoms with Crippen LogP contribution in [0, 0.1) is 10.1 Å². The smallest absolute Gasteiger partial charge is 0.321 e. The van der Waals surface area contributed by atoms with Crippen LogP contribution >= 0.6 is 11.6 Å². The number of halogens is 1. The first-order valence-corrected chi connectivity index (χ1v) is 9.40. The Bertz CT molecular complexity index is 915. The van der Waals surface area contributed by atoms with E-state index in [2.05, 4.69) is 5.32 Å². The summed E-state index contributed by atoms with van der Waals surface area (Å²) in [6.45, 7) is 0. The minimum atomic E-state index is -4.10. The van der Waals surface area contributed by atoms with E-state index in [0.29, 0.717) is 10.6 Å². The SMILES string of the molecule is O=C(O)[C@@H](Cc1ccc(Cl)cc1)NCS(=O)(=O)c1ccccc1[N+](=O)[O-]. The molecule has 0 aromatic heterocycles. The summed E-state index contributed by atoms with van der Waals surface area (Å²) in [5.74, 6) is -1.99. The molecule has 0 spiro atoms. The van der Waals surface area contributed by atoms with E-state index in [1.165, 1.54) is 12.1 Å². The first kappa shape index (κ1) is 19.8. The van der Waals surface area contributed by atoms with Crippen molar-refractivity contribution in [2.24, 2.45) is 0 Å². The number of carbonyl (C=O) groups is 1. The van der Waals surface area contributed by atoms with Crippen LogP contribution in [-0.2, 0) is 21.1 Å². The van der Waals surface area contributed by atoms with Crippen LogP contribution in [0.15, 0.2) is 53.4 Å². The molecule has 2 aromatic rings. The summed E-state index contributed by atoms with van der Waals surface area (Å²) >= 11 is 5.77. The number of para-hydroxylation sites is 1. The molecule has 0 amide bonds. The largest absolute Gasteiger partial charge is 0.480 e. The van der Waals surface area contributed by atoms with Gasteiger partial charge < -0.3 is 5.11 Å². The molecule has 0 fully saturated rings. The lowest BCUT2D eigenvalue weighted by Crippen LogP contribution is -2.41. The highest BCUT2D eigenvalue weighted by molar-refractivity contribution is 7.91. The van der Waals surface area contributed by atoms with Crippen LogP contribution in [0.2, 0.25) is 5.02 Å². The van der Waals surface area contributed by atoms with Crippen LogP contribution in [0.4, 0.5) is 5.69 Å². The van der Waals surface area contributed by atoms with Gasteiger partial charge in [0.25, 0.3) is 5.69 Å². The van der Waals surface area contributed by atoms with E-state index >= 15 is 0 Å². The molecule has 26 heavy (non-hydrogen) atoms. The summed E-state index contributed by atoms with van der Waals surface area (Å²) in [7, 11) is -4.10. The van der Waals surface area contributed by atoms with Crippen molar-refractivity contribution >= 4 is 33.1 Å². The Morgan fingerprint density at radius 1 is 1.19 bits per heavy atom. The third kappa shape index (κ3) is 5.01. The van der Waals surface area contributed by atoms with Crippen LogP contribution in [0.3, 0.4) is 0 Å². The molecule has 0 unspecified atom stereocenters. The van der Waals surface area contributed by atoms with Gasteiger partial charge in [0.1, 0.15) is 16.8 Å². The Morgan fingerprint density at radius 3 is 2.38 bits per heavy atom. The van der Waals surface area contributed by atoms with Crippen molar-refractivity contribution in [3.05, 3.63) is 69.2 Å². The van der Waals surface area contributed by atoms with Gasteiger partial charge >= 0.3 is 5.97 Å². The quantitative estimate of drug-likeness (QED) is 0.515. The van der Waals surface area contributed by atoms with E-state index in [-0.39, 0.29) is 6.42 Å². The Kier molecular flexibility index (Phi) is 6.30. The second kappa shape index (κ2) is 8.26. The average Bonchev–Trinajstić information content (AvgIpc) is 2.60. The Labute approximate surface area is 154 Å². The summed E-state index contributed by atoms with van der Waals surface area (Å²) in [5.41, 5.74) is 0.0938. The monoisotopic (exact) mass is 398 g/mol. The average molecular weight is 399 g/mol. The first-order chi connectivity index (χ1) is 12.2. The lowest BCUT2D eigenvalue weighted by atomic mass is 10.1. The maximum atomic E-state index is 12.4. The minimum absolute atomic E-state index is 0.0267. The predicted molar refractivity (Wildman–Crippen MR) is 94.9 cm³/mol. The molecular formula is C16H15ClN2O6S. The van der Waals surface area contributed by atoms with Crippen molar-refractivity contribution < 1.29 is 23.2 Å². The molecule has 0 aliphatic rings. The van der Waals surface area contributed by atoms with E-state index in [0.717, 1.165) is 12.1 Å². The van der Waals surface area contributed by atoms with Gasteiger partial charge in [-0.25, -0.2) is 8.42 Å². The number of nitrogens with one attached hydrogen (secondary N) is 1. The molecular weight excluding hydrogens is 384 g/mol. The number of hydrogen-bond acceptors (Lipinski definition) is 6. The summed E-state index contributed by atoms with van der Waals surface area (Å²) < 4.78 is 24.8. The van der Waals surface area contributed by atoms with Gasteiger partial charge in [-0.05, 0) is 30.2 Å². The number of benzene rings is 2. The van der Waals surface area contributed by atoms with Gasteiger partial charge in [0, 0.05) is 11.1 Å². The molecule has 0 saturated heterocycles. The molecule has 2 N–H and O–H groups in total. The fourth-order valence-corrected chi connectivity index (χ4v) is 3.71. The maximum Gasteiger partial charge on any atom is 0.321 e. The van der Waals surface area contributed by atoms with E-state index in [4.69, 9.17) is 11.6 Å². The number of aliphatic carboxylic acids is 1.